The number of para-hydroxylation sites is 2. The zero-order chi connectivity index (χ0) is 21.7. The van der Waals surface area contributed by atoms with Gasteiger partial charge < -0.3 is 20.2 Å². The number of carbonyl (C=O) groups excluding carboxylic acids is 2. The van der Waals surface area contributed by atoms with Crippen LogP contribution in [0.1, 0.15) is 36.8 Å². The summed E-state index contributed by atoms with van der Waals surface area (Å²) < 4.78 is 0. The third-order valence-corrected chi connectivity index (χ3v) is 7.43. The highest BCUT2D eigenvalue weighted by Crippen LogP contribution is 2.47. The highest BCUT2D eigenvalue weighted by molar-refractivity contribution is 5.92. The molecule has 0 spiro atoms. The molecule has 2 fully saturated rings. The van der Waals surface area contributed by atoms with Crippen molar-refractivity contribution < 1.29 is 9.59 Å². The fourth-order valence-electron chi connectivity index (χ4n) is 5.75. The summed E-state index contributed by atoms with van der Waals surface area (Å²) in [6.07, 6.45) is 7.03. The molecule has 2 aliphatic heterocycles. The van der Waals surface area contributed by atoms with Crippen molar-refractivity contribution in [2.75, 3.05) is 13.1 Å². The van der Waals surface area contributed by atoms with Crippen LogP contribution < -0.4 is 5.32 Å². The SMILES string of the molecule is O=C1CC[C@@H](C(=O)N2CCC(c3c[nH]c4ccccc34)(c3c[nH]c4ccccc34)CC2)N1. The number of fused-ring (bicyclic) bond motifs is 2. The zero-order valence-electron chi connectivity index (χ0n) is 17.9. The number of piperidine rings is 1. The molecule has 0 unspecified atom stereocenters. The van der Waals surface area contributed by atoms with E-state index in [0.717, 1.165) is 23.9 Å². The van der Waals surface area contributed by atoms with Gasteiger partial charge in [0.15, 0.2) is 0 Å². The number of rotatable bonds is 3. The van der Waals surface area contributed by atoms with E-state index < -0.39 is 0 Å². The van der Waals surface area contributed by atoms with Gasteiger partial charge in [-0.1, -0.05) is 36.4 Å². The molecule has 162 valence electrons. The van der Waals surface area contributed by atoms with Gasteiger partial charge in [0.25, 0.3) is 0 Å². The minimum absolute atomic E-state index is 0.0210. The maximum absolute atomic E-state index is 13.1. The number of carbonyl (C=O) groups is 2. The lowest BCUT2D eigenvalue weighted by molar-refractivity contribution is -0.135. The molecule has 2 aliphatic rings. The number of aromatic amines is 2. The molecule has 32 heavy (non-hydrogen) atoms. The molecule has 6 heteroatoms. The summed E-state index contributed by atoms with van der Waals surface area (Å²) in [6.45, 7) is 1.34. The van der Waals surface area contributed by atoms with Gasteiger partial charge in [0.2, 0.25) is 11.8 Å². The van der Waals surface area contributed by atoms with Crippen molar-refractivity contribution in [2.45, 2.75) is 37.1 Å². The van der Waals surface area contributed by atoms with Gasteiger partial charge in [0, 0.05) is 59.1 Å². The van der Waals surface area contributed by atoms with E-state index in [1.807, 2.05) is 4.90 Å². The Morgan fingerprint density at radius 1 is 0.875 bits per heavy atom. The summed E-state index contributed by atoms with van der Waals surface area (Å²) in [4.78, 5) is 33.5. The number of H-pyrrole nitrogens is 2. The first kappa shape index (κ1) is 19.2. The number of likely N-dealkylation sites (tertiary alicyclic amines) is 1. The first-order valence-electron chi connectivity index (χ1n) is 11.4. The van der Waals surface area contributed by atoms with Crippen LogP contribution in [0.5, 0.6) is 0 Å². The molecule has 6 rings (SSSR count). The minimum atomic E-state index is -0.365. The Hall–Kier alpha value is -3.54. The predicted molar refractivity (Wildman–Crippen MR) is 124 cm³/mol. The van der Waals surface area contributed by atoms with E-state index in [9.17, 15) is 9.59 Å². The number of hydrogen-bond acceptors (Lipinski definition) is 2. The Bertz CT molecular complexity index is 1250. The number of nitrogens with one attached hydrogen (secondary N) is 3. The van der Waals surface area contributed by atoms with Crippen LogP contribution in [0.2, 0.25) is 0 Å². The Morgan fingerprint density at radius 2 is 1.44 bits per heavy atom. The molecule has 0 saturated carbocycles. The molecular weight excluding hydrogens is 400 g/mol. The van der Waals surface area contributed by atoms with Crippen LogP contribution in [0.3, 0.4) is 0 Å². The van der Waals surface area contributed by atoms with Crippen molar-refractivity contribution in [2.24, 2.45) is 0 Å². The lowest BCUT2D eigenvalue weighted by Crippen LogP contribution is -2.51. The van der Waals surface area contributed by atoms with Crippen molar-refractivity contribution in [3.8, 4) is 0 Å². The predicted octanol–water partition coefficient (Wildman–Crippen LogP) is 3.84. The summed E-state index contributed by atoms with van der Waals surface area (Å²) in [6, 6.07) is 16.5. The molecule has 0 radical (unpaired) electrons. The minimum Gasteiger partial charge on any atom is -0.361 e. The van der Waals surface area contributed by atoms with E-state index in [-0.39, 0.29) is 23.3 Å². The Kier molecular flexibility index (Phi) is 4.35. The highest BCUT2D eigenvalue weighted by Gasteiger charge is 2.43. The first-order valence-corrected chi connectivity index (χ1v) is 11.4. The molecule has 3 N–H and O–H groups in total. The van der Waals surface area contributed by atoms with Gasteiger partial charge in [-0.3, -0.25) is 9.59 Å². The molecule has 0 aliphatic carbocycles. The molecule has 2 aromatic carbocycles. The van der Waals surface area contributed by atoms with E-state index in [4.69, 9.17) is 0 Å². The third kappa shape index (κ3) is 2.86. The molecule has 4 heterocycles. The summed E-state index contributed by atoms with van der Waals surface area (Å²) in [5.41, 5.74) is 4.65. The van der Waals surface area contributed by atoms with Gasteiger partial charge in [-0.15, -0.1) is 0 Å². The largest absolute Gasteiger partial charge is 0.361 e. The van der Waals surface area contributed by atoms with E-state index in [0.29, 0.717) is 25.9 Å². The van der Waals surface area contributed by atoms with Crippen LogP contribution in [0, 0.1) is 0 Å². The normalized spacial score (nSPS) is 20.7. The average Bonchev–Trinajstić information content (AvgIpc) is 3.57. The standard InChI is InChI=1S/C26H26N4O2/c31-24-10-9-23(29-24)25(32)30-13-11-26(12-14-30,19-15-27-21-7-3-1-5-17(19)21)20-16-28-22-8-4-2-6-18(20)22/h1-8,15-16,23,27-28H,9-14H2,(H,29,31)/t23-/m0/s1. The molecule has 1 atom stereocenters. The van der Waals surface area contributed by atoms with Crippen LogP contribution >= 0.6 is 0 Å². The van der Waals surface area contributed by atoms with Crippen LogP contribution in [-0.4, -0.2) is 45.8 Å². The number of amides is 2. The van der Waals surface area contributed by atoms with E-state index >= 15 is 0 Å². The molecule has 2 saturated heterocycles. The van der Waals surface area contributed by atoms with Crippen molar-refractivity contribution in [3.63, 3.8) is 0 Å². The third-order valence-electron chi connectivity index (χ3n) is 7.43. The Morgan fingerprint density at radius 3 is 1.97 bits per heavy atom. The molecule has 2 aromatic heterocycles. The zero-order valence-corrected chi connectivity index (χ0v) is 17.9. The maximum atomic E-state index is 13.1. The van der Waals surface area contributed by atoms with Gasteiger partial charge in [0.05, 0.1) is 0 Å². The van der Waals surface area contributed by atoms with Crippen molar-refractivity contribution >= 4 is 33.6 Å². The van der Waals surface area contributed by atoms with Crippen LogP contribution in [0.15, 0.2) is 60.9 Å². The number of nitrogens with zero attached hydrogens (tertiary/aromatic N) is 1. The first-order chi connectivity index (χ1) is 15.7. The highest BCUT2D eigenvalue weighted by atomic mass is 16.2. The molecule has 2 amide bonds. The quantitative estimate of drug-likeness (QED) is 0.465. The molecule has 6 nitrogen and oxygen atoms in total. The summed E-state index contributed by atoms with van der Waals surface area (Å²) in [5, 5.41) is 5.31. The van der Waals surface area contributed by atoms with Gasteiger partial charge in [-0.2, -0.15) is 0 Å². The molecule has 4 aromatic rings. The summed E-state index contributed by atoms with van der Waals surface area (Å²) in [7, 11) is 0. The second-order valence-corrected chi connectivity index (χ2v) is 9.06. The van der Waals surface area contributed by atoms with Gasteiger partial charge >= 0.3 is 0 Å². The number of aromatic nitrogens is 2. The number of benzene rings is 2. The second-order valence-electron chi connectivity index (χ2n) is 9.06. The summed E-state index contributed by atoms with van der Waals surface area (Å²) in [5.74, 6) is 0.0367. The monoisotopic (exact) mass is 426 g/mol. The maximum Gasteiger partial charge on any atom is 0.245 e. The van der Waals surface area contributed by atoms with Crippen molar-refractivity contribution in [1.29, 1.82) is 0 Å². The van der Waals surface area contributed by atoms with E-state index in [2.05, 4.69) is 76.2 Å². The fourth-order valence-corrected chi connectivity index (χ4v) is 5.75. The van der Waals surface area contributed by atoms with Crippen molar-refractivity contribution in [3.05, 3.63) is 72.1 Å². The smallest absolute Gasteiger partial charge is 0.245 e. The van der Waals surface area contributed by atoms with E-state index in [1.165, 1.54) is 21.9 Å². The Balaban J connectivity index is 1.41. The van der Waals surface area contributed by atoms with E-state index in [1.54, 1.807) is 0 Å². The lowest BCUT2D eigenvalue weighted by atomic mass is 9.68. The summed E-state index contributed by atoms with van der Waals surface area (Å²) >= 11 is 0. The molecular formula is C26H26N4O2. The lowest BCUT2D eigenvalue weighted by Gasteiger charge is -2.42. The van der Waals surface area contributed by atoms with Crippen LogP contribution in [0.4, 0.5) is 0 Å². The topological polar surface area (TPSA) is 81.0 Å². The molecule has 0 bridgehead atoms. The van der Waals surface area contributed by atoms with Gasteiger partial charge in [0.1, 0.15) is 6.04 Å². The van der Waals surface area contributed by atoms with Gasteiger partial charge in [-0.05, 0) is 42.5 Å². The second kappa shape index (κ2) is 7.26. The van der Waals surface area contributed by atoms with Crippen LogP contribution in [-0.2, 0) is 15.0 Å². The fraction of sp³-hybridized carbons (Fsp3) is 0.308. The Labute approximate surface area is 186 Å². The number of hydrogen-bond donors (Lipinski definition) is 3. The van der Waals surface area contributed by atoms with Gasteiger partial charge in [-0.25, -0.2) is 0 Å². The average molecular weight is 427 g/mol. The van der Waals surface area contributed by atoms with Crippen molar-refractivity contribution in [1.82, 2.24) is 20.2 Å². The van der Waals surface area contributed by atoms with Crippen LogP contribution in [0.25, 0.3) is 21.8 Å².